The highest BCUT2D eigenvalue weighted by atomic mass is 19.1. The average Bonchev–Trinajstić information content (AvgIpc) is 2.28. The molecule has 1 unspecified atom stereocenters. The van der Waals surface area contributed by atoms with Crippen LogP contribution in [0.2, 0.25) is 0 Å². The van der Waals surface area contributed by atoms with Crippen LogP contribution in [-0.4, -0.2) is 6.04 Å². The Balaban J connectivity index is 2.59. The first-order valence-corrected chi connectivity index (χ1v) is 5.53. The normalized spacial score (nSPS) is 12.4. The fraction of sp³-hybridized carbons (Fsp3) is 0.385. The van der Waals surface area contributed by atoms with Gasteiger partial charge in [-0.05, 0) is 37.0 Å². The van der Waals surface area contributed by atoms with Crippen molar-refractivity contribution in [2.24, 2.45) is 5.84 Å². The lowest BCUT2D eigenvalue weighted by Gasteiger charge is -2.16. The SMILES string of the molecule is C=C(CC)CC(Cc1cccc(F)c1)NN. The number of rotatable bonds is 6. The van der Waals surface area contributed by atoms with Crippen LogP contribution in [0.25, 0.3) is 0 Å². The maximum atomic E-state index is 13.0. The molecule has 16 heavy (non-hydrogen) atoms. The summed E-state index contributed by atoms with van der Waals surface area (Å²) in [6.45, 7) is 6.02. The maximum Gasteiger partial charge on any atom is 0.123 e. The molecule has 0 heterocycles. The number of hydrogen-bond acceptors (Lipinski definition) is 2. The number of hydrazine groups is 1. The first-order chi connectivity index (χ1) is 7.65. The summed E-state index contributed by atoms with van der Waals surface area (Å²) in [6.07, 6.45) is 2.48. The first kappa shape index (κ1) is 12.9. The molecule has 3 heteroatoms. The van der Waals surface area contributed by atoms with Crippen molar-refractivity contribution in [3.63, 3.8) is 0 Å². The smallest absolute Gasteiger partial charge is 0.123 e. The summed E-state index contributed by atoms with van der Waals surface area (Å²) in [6, 6.07) is 6.72. The predicted molar refractivity (Wildman–Crippen MR) is 65.3 cm³/mol. The van der Waals surface area contributed by atoms with E-state index in [4.69, 9.17) is 5.84 Å². The van der Waals surface area contributed by atoms with E-state index < -0.39 is 0 Å². The summed E-state index contributed by atoms with van der Waals surface area (Å²) in [4.78, 5) is 0. The van der Waals surface area contributed by atoms with Gasteiger partial charge in [0.1, 0.15) is 5.82 Å². The molecule has 0 radical (unpaired) electrons. The topological polar surface area (TPSA) is 38.0 Å². The molecule has 1 aromatic carbocycles. The van der Waals surface area contributed by atoms with Gasteiger partial charge in [0.2, 0.25) is 0 Å². The Morgan fingerprint density at radius 1 is 1.56 bits per heavy atom. The molecule has 1 aromatic rings. The molecule has 0 bridgehead atoms. The van der Waals surface area contributed by atoms with Gasteiger partial charge in [0, 0.05) is 6.04 Å². The van der Waals surface area contributed by atoms with E-state index in [1.54, 1.807) is 12.1 Å². The van der Waals surface area contributed by atoms with E-state index in [1.807, 2.05) is 6.07 Å². The Kier molecular flexibility index (Phi) is 5.15. The van der Waals surface area contributed by atoms with Crippen molar-refractivity contribution < 1.29 is 4.39 Å². The second-order valence-corrected chi connectivity index (χ2v) is 4.01. The second-order valence-electron chi connectivity index (χ2n) is 4.01. The van der Waals surface area contributed by atoms with Crippen LogP contribution in [0.1, 0.15) is 25.3 Å². The van der Waals surface area contributed by atoms with Gasteiger partial charge in [0.25, 0.3) is 0 Å². The van der Waals surface area contributed by atoms with E-state index in [9.17, 15) is 4.39 Å². The zero-order valence-corrected chi connectivity index (χ0v) is 9.67. The molecule has 0 saturated carbocycles. The van der Waals surface area contributed by atoms with Crippen LogP contribution in [0.4, 0.5) is 4.39 Å². The molecular formula is C13H19FN2. The summed E-state index contributed by atoms with van der Waals surface area (Å²) in [7, 11) is 0. The average molecular weight is 222 g/mol. The third kappa shape index (κ3) is 4.13. The molecule has 0 fully saturated rings. The third-order valence-corrected chi connectivity index (χ3v) is 2.64. The van der Waals surface area contributed by atoms with Crippen molar-refractivity contribution in [3.8, 4) is 0 Å². The Hall–Kier alpha value is -1.19. The fourth-order valence-electron chi connectivity index (χ4n) is 1.63. The molecule has 88 valence electrons. The van der Waals surface area contributed by atoms with Crippen LogP contribution >= 0.6 is 0 Å². The first-order valence-electron chi connectivity index (χ1n) is 5.53. The van der Waals surface area contributed by atoms with E-state index in [2.05, 4.69) is 18.9 Å². The molecule has 0 aromatic heterocycles. The largest absolute Gasteiger partial charge is 0.271 e. The lowest BCUT2D eigenvalue weighted by Crippen LogP contribution is -2.37. The van der Waals surface area contributed by atoms with Crippen LogP contribution in [0.5, 0.6) is 0 Å². The van der Waals surface area contributed by atoms with Crippen molar-refractivity contribution >= 4 is 0 Å². The van der Waals surface area contributed by atoms with Crippen molar-refractivity contribution in [2.75, 3.05) is 0 Å². The summed E-state index contributed by atoms with van der Waals surface area (Å²) < 4.78 is 13.0. The Morgan fingerprint density at radius 3 is 2.88 bits per heavy atom. The van der Waals surface area contributed by atoms with Crippen LogP contribution in [0, 0.1) is 5.82 Å². The van der Waals surface area contributed by atoms with Crippen LogP contribution < -0.4 is 11.3 Å². The summed E-state index contributed by atoms with van der Waals surface area (Å²) in [5.74, 6) is 5.27. The Morgan fingerprint density at radius 2 is 2.31 bits per heavy atom. The van der Waals surface area contributed by atoms with Crippen LogP contribution in [0.15, 0.2) is 36.4 Å². The molecule has 0 aliphatic heterocycles. The molecule has 2 nitrogen and oxygen atoms in total. The highest BCUT2D eigenvalue weighted by Gasteiger charge is 2.09. The minimum absolute atomic E-state index is 0.120. The van der Waals surface area contributed by atoms with Gasteiger partial charge in [0.05, 0.1) is 0 Å². The molecule has 0 saturated heterocycles. The van der Waals surface area contributed by atoms with E-state index in [-0.39, 0.29) is 11.9 Å². The maximum absolute atomic E-state index is 13.0. The Bertz CT molecular complexity index is 350. The summed E-state index contributed by atoms with van der Waals surface area (Å²) in [5, 5.41) is 0. The van der Waals surface area contributed by atoms with Crippen molar-refractivity contribution in [2.45, 2.75) is 32.2 Å². The number of halogens is 1. The molecule has 3 N–H and O–H groups in total. The third-order valence-electron chi connectivity index (χ3n) is 2.64. The summed E-state index contributed by atoms with van der Waals surface area (Å²) in [5.41, 5.74) is 4.85. The highest BCUT2D eigenvalue weighted by molar-refractivity contribution is 5.18. The van der Waals surface area contributed by atoms with Gasteiger partial charge < -0.3 is 0 Å². The van der Waals surface area contributed by atoms with Gasteiger partial charge in [0.15, 0.2) is 0 Å². The minimum Gasteiger partial charge on any atom is -0.271 e. The molecule has 0 amide bonds. The number of nitrogens with two attached hydrogens (primary N) is 1. The predicted octanol–water partition coefficient (Wildman–Crippen LogP) is 2.56. The molecular weight excluding hydrogens is 203 g/mol. The zero-order valence-electron chi connectivity index (χ0n) is 9.67. The fourth-order valence-corrected chi connectivity index (χ4v) is 1.63. The molecule has 1 atom stereocenters. The monoisotopic (exact) mass is 222 g/mol. The van der Waals surface area contributed by atoms with Gasteiger partial charge in [-0.2, -0.15) is 0 Å². The molecule has 1 rings (SSSR count). The molecule has 0 spiro atoms. The van der Waals surface area contributed by atoms with Gasteiger partial charge >= 0.3 is 0 Å². The van der Waals surface area contributed by atoms with E-state index >= 15 is 0 Å². The van der Waals surface area contributed by atoms with Crippen molar-refractivity contribution in [1.82, 2.24) is 5.43 Å². The minimum atomic E-state index is -0.206. The summed E-state index contributed by atoms with van der Waals surface area (Å²) >= 11 is 0. The van der Waals surface area contributed by atoms with Crippen LogP contribution in [-0.2, 0) is 6.42 Å². The number of hydrogen-bond donors (Lipinski definition) is 2. The Labute approximate surface area is 96.3 Å². The highest BCUT2D eigenvalue weighted by Crippen LogP contribution is 2.12. The van der Waals surface area contributed by atoms with Crippen LogP contribution in [0.3, 0.4) is 0 Å². The van der Waals surface area contributed by atoms with Gasteiger partial charge in [-0.3, -0.25) is 11.3 Å². The number of benzene rings is 1. The van der Waals surface area contributed by atoms with Gasteiger partial charge in [-0.15, -0.1) is 0 Å². The lowest BCUT2D eigenvalue weighted by molar-refractivity contribution is 0.515. The lowest BCUT2D eigenvalue weighted by atomic mass is 9.99. The molecule has 0 aliphatic rings. The van der Waals surface area contributed by atoms with Crippen molar-refractivity contribution in [3.05, 3.63) is 47.8 Å². The van der Waals surface area contributed by atoms with Crippen molar-refractivity contribution in [1.29, 1.82) is 0 Å². The van der Waals surface area contributed by atoms with Gasteiger partial charge in [-0.1, -0.05) is 31.2 Å². The van der Waals surface area contributed by atoms with Gasteiger partial charge in [-0.25, -0.2) is 4.39 Å². The van der Waals surface area contributed by atoms with E-state index in [1.165, 1.54) is 6.07 Å². The number of nitrogens with one attached hydrogen (secondary N) is 1. The zero-order chi connectivity index (χ0) is 12.0. The van der Waals surface area contributed by atoms with E-state index in [0.29, 0.717) is 6.42 Å². The standard InChI is InChI=1S/C13H19FN2/c1-3-10(2)7-13(16-15)9-11-5-4-6-12(14)8-11/h4-6,8,13,16H,2-3,7,9,15H2,1H3. The quantitative estimate of drug-likeness (QED) is 0.441. The van der Waals surface area contributed by atoms with E-state index in [0.717, 1.165) is 24.0 Å². The molecule has 0 aliphatic carbocycles. The second kappa shape index (κ2) is 6.40.